The molecule has 0 aliphatic carbocycles. The summed E-state index contributed by atoms with van der Waals surface area (Å²) >= 11 is 3.34. The molecule has 8 heteroatoms. The highest BCUT2D eigenvalue weighted by molar-refractivity contribution is 14.0. The number of aliphatic imine (C=N–C) groups is 1. The van der Waals surface area contributed by atoms with Crippen LogP contribution in [0, 0.1) is 0 Å². The third kappa shape index (κ3) is 10.5. The summed E-state index contributed by atoms with van der Waals surface area (Å²) in [5.74, 6) is 0.267. The highest BCUT2D eigenvalue weighted by Gasteiger charge is 2.04. The Balaban J connectivity index is 0.00000484. The minimum atomic E-state index is -0.115. The third-order valence-electron chi connectivity index (χ3n) is 2.74. The van der Waals surface area contributed by atoms with Gasteiger partial charge in [0.05, 0.1) is 0 Å². The van der Waals surface area contributed by atoms with Crippen molar-refractivity contribution in [3.05, 3.63) is 34.3 Å². The molecule has 1 rings (SSSR count). The lowest BCUT2D eigenvalue weighted by Gasteiger charge is -2.08. The van der Waals surface area contributed by atoms with Gasteiger partial charge in [0.2, 0.25) is 0 Å². The van der Waals surface area contributed by atoms with E-state index in [1.165, 1.54) is 0 Å². The van der Waals surface area contributed by atoms with Crippen LogP contribution in [0.5, 0.6) is 0 Å². The van der Waals surface area contributed by atoms with Crippen LogP contribution in [0.25, 0.3) is 0 Å². The Morgan fingerprint density at radius 1 is 1.35 bits per heavy atom. The summed E-state index contributed by atoms with van der Waals surface area (Å²) in [7, 11) is 0. The number of carbonyl (C=O) groups is 1. The first-order chi connectivity index (χ1) is 10.6. The molecular formula is C15H24BrIN4O2. The van der Waals surface area contributed by atoms with Gasteiger partial charge in [-0.05, 0) is 31.5 Å². The zero-order valence-corrected chi connectivity index (χ0v) is 17.1. The zero-order valence-electron chi connectivity index (χ0n) is 13.2. The number of nitrogens with one attached hydrogen (secondary N) is 2. The molecule has 1 aromatic rings. The maximum absolute atomic E-state index is 11.9. The second kappa shape index (κ2) is 13.6. The largest absolute Gasteiger partial charge is 0.382 e. The van der Waals surface area contributed by atoms with Crippen LogP contribution < -0.4 is 16.4 Å². The average molecular weight is 499 g/mol. The number of benzene rings is 1. The Morgan fingerprint density at radius 2 is 2.09 bits per heavy atom. The Morgan fingerprint density at radius 3 is 2.78 bits per heavy atom. The summed E-state index contributed by atoms with van der Waals surface area (Å²) in [5, 5.41) is 5.77. The van der Waals surface area contributed by atoms with Crippen LogP contribution in [-0.4, -0.2) is 44.7 Å². The number of amides is 1. The van der Waals surface area contributed by atoms with E-state index in [0.717, 1.165) is 17.5 Å². The Labute approximate surface area is 162 Å². The van der Waals surface area contributed by atoms with E-state index in [2.05, 4.69) is 31.6 Å². The number of rotatable bonds is 9. The SMILES string of the molecule is CCOCCCN=C(N)NCCNC(=O)c1cccc(Br)c1.I. The molecule has 0 spiro atoms. The van der Waals surface area contributed by atoms with Gasteiger partial charge in [0.1, 0.15) is 0 Å². The molecule has 0 fully saturated rings. The maximum Gasteiger partial charge on any atom is 0.251 e. The fraction of sp³-hybridized carbons (Fsp3) is 0.467. The van der Waals surface area contributed by atoms with E-state index in [9.17, 15) is 4.79 Å². The fourth-order valence-electron chi connectivity index (χ4n) is 1.66. The molecule has 0 aromatic heterocycles. The molecule has 130 valence electrons. The first-order valence-electron chi connectivity index (χ1n) is 7.28. The van der Waals surface area contributed by atoms with Crippen molar-refractivity contribution < 1.29 is 9.53 Å². The average Bonchev–Trinajstić information content (AvgIpc) is 2.51. The summed E-state index contributed by atoms with van der Waals surface area (Å²) in [6, 6.07) is 7.24. The number of nitrogens with zero attached hydrogens (tertiary/aromatic N) is 1. The molecule has 0 heterocycles. The van der Waals surface area contributed by atoms with Gasteiger partial charge in [0.15, 0.2) is 5.96 Å². The number of halogens is 2. The Kier molecular flexibility index (Phi) is 13.0. The van der Waals surface area contributed by atoms with Crippen molar-refractivity contribution in [3.8, 4) is 0 Å². The lowest BCUT2D eigenvalue weighted by Crippen LogP contribution is -2.38. The molecule has 0 bridgehead atoms. The molecule has 1 aromatic carbocycles. The van der Waals surface area contributed by atoms with Crippen molar-refractivity contribution in [1.29, 1.82) is 0 Å². The number of nitrogens with two attached hydrogens (primary N) is 1. The van der Waals surface area contributed by atoms with Crippen molar-refractivity contribution in [2.75, 3.05) is 32.8 Å². The number of hydrogen-bond acceptors (Lipinski definition) is 3. The third-order valence-corrected chi connectivity index (χ3v) is 3.23. The van der Waals surface area contributed by atoms with Crippen LogP contribution in [0.4, 0.5) is 0 Å². The highest BCUT2D eigenvalue weighted by atomic mass is 127. The highest BCUT2D eigenvalue weighted by Crippen LogP contribution is 2.11. The van der Waals surface area contributed by atoms with Crippen molar-refractivity contribution in [2.45, 2.75) is 13.3 Å². The van der Waals surface area contributed by atoms with E-state index in [1.807, 2.05) is 19.1 Å². The van der Waals surface area contributed by atoms with Gasteiger partial charge in [0.25, 0.3) is 5.91 Å². The van der Waals surface area contributed by atoms with E-state index in [4.69, 9.17) is 10.5 Å². The number of ether oxygens (including phenoxy) is 1. The summed E-state index contributed by atoms with van der Waals surface area (Å²) in [6.45, 7) is 5.00. The molecule has 0 unspecified atom stereocenters. The van der Waals surface area contributed by atoms with Crippen LogP contribution in [0.3, 0.4) is 0 Å². The molecule has 0 atom stereocenters. The van der Waals surface area contributed by atoms with Gasteiger partial charge in [-0.15, -0.1) is 24.0 Å². The molecule has 4 N–H and O–H groups in total. The minimum absolute atomic E-state index is 0. The van der Waals surface area contributed by atoms with E-state index in [0.29, 0.717) is 37.8 Å². The number of guanidine groups is 1. The quantitative estimate of drug-likeness (QED) is 0.210. The molecule has 0 radical (unpaired) electrons. The van der Waals surface area contributed by atoms with Crippen LogP contribution in [0.1, 0.15) is 23.7 Å². The van der Waals surface area contributed by atoms with Crippen LogP contribution in [-0.2, 0) is 4.74 Å². The predicted octanol–water partition coefficient (Wildman–Crippen LogP) is 2.13. The first kappa shape index (κ1) is 22.1. The van der Waals surface area contributed by atoms with Crippen LogP contribution >= 0.6 is 39.9 Å². The number of hydrogen-bond donors (Lipinski definition) is 3. The Hall–Kier alpha value is -0.870. The Bertz CT molecular complexity index is 500. The maximum atomic E-state index is 11.9. The van der Waals surface area contributed by atoms with Crippen LogP contribution in [0.15, 0.2) is 33.7 Å². The molecule has 23 heavy (non-hydrogen) atoms. The summed E-state index contributed by atoms with van der Waals surface area (Å²) in [6.07, 6.45) is 0.843. The van der Waals surface area contributed by atoms with E-state index >= 15 is 0 Å². The van der Waals surface area contributed by atoms with Crippen molar-refractivity contribution >= 4 is 51.8 Å². The molecule has 1 amide bonds. The smallest absolute Gasteiger partial charge is 0.251 e. The van der Waals surface area contributed by atoms with E-state index in [1.54, 1.807) is 12.1 Å². The summed E-state index contributed by atoms with van der Waals surface area (Å²) in [5.41, 5.74) is 6.33. The van der Waals surface area contributed by atoms with Gasteiger partial charge in [0, 0.05) is 42.9 Å². The standard InChI is InChI=1S/C15H23BrN4O2.HI/c1-2-22-10-4-7-19-15(17)20-9-8-18-14(21)12-5-3-6-13(16)11-12;/h3,5-6,11H,2,4,7-10H2,1H3,(H,18,21)(H3,17,19,20);1H. The lowest BCUT2D eigenvalue weighted by atomic mass is 10.2. The van der Waals surface area contributed by atoms with Gasteiger partial charge in [-0.3, -0.25) is 9.79 Å². The number of carbonyl (C=O) groups excluding carboxylic acids is 1. The van der Waals surface area contributed by atoms with Gasteiger partial charge >= 0.3 is 0 Å². The fourth-order valence-corrected chi connectivity index (χ4v) is 2.06. The second-order valence-electron chi connectivity index (χ2n) is 4.51. The minimum Gasteiger partial charge on any atom is -0.382 e. The lowest BCUT2D eigenvalue weighted by molar-refractivity contribution is 0.0954. The van der Waals surface area contributed by atoms with Gasteiger partial charge in [-0.1, -0.05) is 22.0 Å². The first-order valence-corrected chi connectivity index (χ1v) is 8.08. The second-order valence-corrected chi connectivity index (χ2v) is 5.43. The van der Waals surface area contributed by atoms with E-state index < -0.39 is 0 Å². The molecule has 0 saturated carbocycles. The van der Waals surface area contributed by atoms with Crippen molar-refractivity contribution in [3.63, 3.8) is 0 Å². The van der Waals surface area contributed by atoms with Gasteiger partial charge in [-0.25, -0.2) is 0 Å². The summed E-state index contributed by atoms with van der Waals surface area (Å²) < 4.78 is 6.09. The molecule has 0 aliphatic heterocycles. The van der Waals surface area contributed by atoms with Crippen LogP contribution in [0.2, 0.25) is 0 Å². The van der Waals surface area contributed by atoms with Crippen molar-refractivity contribution in [2.24, 2.45) is 10.7 Å². The molecular weight excluding hydrogens is 475 g/mol. The monoisotopic (exact) mass is 498 g/mol. The molecule has 0 aliphatic rings. The van der Waals surface area contributed by atoms with Gasteiger partial charge < -0.3 is 21.1 Å². The summed E-state index contributed by atoms with van der Waals surface area (Å²) in [4.78, 5) is 16.0. The normalized spacial score (nSPS) is 10.8. The van der Waals surface area contributed by atoms with Crippen molar-refractivity contribution in [1.82, 2.24) is 10.6 Å². The van der Waals surface area contributed by atoms with E-state index in [-0.39, 0.29) is 29.9 Å². The zero-order chi connectivity index (χ0) is 16.2. The van der Waals surface area contributed by atoms with Gasteiger partial charge in [-0.2, -0.15) is 0 Å². The topological polar surface area (TPSA) is 88.7 Å². The molecule has 0 saturated heterocycles. The predicted molar refractivity (Wildman–Crippen MR) is 107 cm³/mol. The molecule has 6 nitrogen and oxygen atoms in total.